The van der Waals surface area contributed by atoms with Crippen LogP contribution >= 0.6 is 0 Å². The minimum Gasteiger partial charge on any atom is -0.439 e. The molecule has 1 atom stereocenters. The fraction of sp³-hybridized carbons (Fsp3) is 0.692. The summed E-state index contributed by atoms with van der Waals surface area (Å²) in [6, 6.07) is 1.43. The molecule has 0 aromatic carbocycles. The van der Waals surface area contributed by atoms with Gasteiger partial charge in [-0.25, -0.2) is 9.48 Å². The van der Waals surface area contributed by atoms with Gasteiger partial charge in [0.15, 0.2) is 0 Å². The minimum absolute atomic E-state index is 0.0817. The van der Waals surface area contributed by atoms with Crippen LogP contribution in [0.25, 0.3) is 0 Å². The van der Waals surface area contributed by atoms with Gasteiger partial charge >= 0.3 is 12.6 Å². The molecule has 0 aliphatic heterocycles. The summed E-state index contributed by atoms with van der Waals surface area (Å²) >= 11 is 0. The lowest BCUT2D eigenvalue weighted by Gasteiger charge is -2.24. The van der Waals surface area contributed by atoms with Crippen molar-refractivity contribution in [1.82, 2.24) is 15.1 Å². The number of halogens is 2. The normalized spacial score (nSPS) is 13.7. The molecule has 0 spiro atoms. The van der Waals surface area contributed by atoms with Gasteiger partial charge < -0.3 is 10.1 Å². The van der Waals surface area contributed by atoms with E-state index in [1.54, 1.807) is 0 Å². The van der Waals surface area contributed by atoms with Crippen LogP contribution in [-0.4, -0.2) is 21.4 Å². The van der Waals surface area contributed by atoms with Gasteiger partial charge in [-0.1, -0.05) is 13.8 Å². The maximum absolute atomic E-state index is 12.5. The van der Waals surface area contributed by atoms with Crippen molar-refractivity contribution in [1.29, 1.82) is 0 Å². The Balaban J connectivity index is 2.81. The Morgan fingerprint density at radius 2 is 2.00 bits per heavy atom. The van der Waals surface area contributed by atoms with E-state index < -0.39 is 24.3 Å². The fourth-order valence-electron chi connectivity index (χ4n) is 1.60. The second kappa shape index (κ2) is 6.19. The van der Waals surface area contributed by atoms with Crippen molar-refractivity contribution in [2.75, 3.05) is 0 Å². The lowest BCUT2D eigenvalue weighted by atomic mass is 10.0. The summed E-state index contributed by atoms with van der Waals surface area (Å²) in [6.07, 6.45) is -0.0967. The van der Waals surface area contributed by atoms with E-state index in [9.17, 15) is 13.6 Å². The molecule has 7 heteroatoms. The third kappa shape index (κ3) is 4.79. The Hall–Kier alpha value is -1.66. The number of ether oxygens (including phenoxy) is 1. The summed E-state index contributed by atoms with van der Waals surface area (Å²) in [7, 11) is 0. The summed E-state index contributed by atoms with van der Waals surface area (Å²) in [5.41, 5.74) is -0.120. The van der Waals surface area contributed by atoms with Crippen molar-refractivity contribution in [3.63, 3.8) is 0 Å². The zero-order valence-electron chi connectivity index (χ0n) is 12.4. The molecule has 1 heterocycles. The van der Waals surface area contributed by atoms with Crippen molar-refractivity contribution in [3.05, 3.63) is 18.0 Å². The fourth-order valence-corrected chi connectivity index (χ4v) is 1.60. The zero-order chi connectivity index (χ0) is 15.5. The number of hydrogen-bond donors (Lipinski definition) is 1. The highest BCUT2D eigenvalue weighted by atomic mass is 19.3. The molecule has 0 fully saturated rings. The second-order valence-electron chi connectivity index (χ2n) is 5.94. The first-order chi connectivity index (χ1) is 9.10. The van der Waals surface area contributed by atoms with Crippen LogP contribution < -0.4 is 5.32 Å². The Labute approximate surface area is 117 Å². The van der Waals surface area contributed by atoms with E-state index in [4.69, 9.17) is 4.74 Å². The molecule has 1 N–H and O–H groups in total. The van der Waals surface area contributed by atoms with Crippen molar-refractivity contribution in [2.45, 2.75) is 52.8 Å². The lowest BCUT2D eigenvalue weighted by Crippen LogP contribution is -2.41. The summed E-state index contributed by atoms with van der Waals surface area (Å²) in [6.45, 7) is 6.42. The first kappa shape index (κ1) is 16.4. The van der Waals surface area contributed by atoms with Gasteiger partial charge in [-0.2, -0.15) is 13.9 Å². The smallest absolute Gasteiger partial charge is 0.408 e. The highest BCUT2D eigenvalue weighted by molar-refractivity contribution is 5.68. The second-order valence-corrected chi connectivity index (χ2v) is 5.94. The van der Waals surface area contributed by atoms with Crippen LogP contribution in [0.3, 0.4) is 0 Å². The molecule has 0 aliphatic carbocycles. The Morgan fingerprint density at radius 3 is 2.40 bits per heavy atom. The quantitative estimate of drug-likeness (QED) is 0.923. The van der Waals surface area contributed by atoms with Crippen LogP contribution in [0.1, 0.15) is 53.0 Å². The van der Waals surface area contributed by atoms with Crippen LogP contribution in [-0.2, 0) is 4.74 Å². The van der Waals surface area contributed by atoms with Gasteiger partial charge in [0.05, 0.1) is 0 Å². The molecule has 5 nitrogen and oxygen atoms in total. The summed E-state index contributed by atoms with van der Waals surface area (Å²) in [5.74, 6) is -0.0817. The first-order valence-electron chi connectivity index (χ1n) is 6.42. The van der Waals surface area contributed by atoms with E-state index in [-0.39, 0.29) is 5.92 Å². The van der Waals surface area contributed by atoms with E-state index in [2.05, 4.69) is 10.4 Å². The third-order valence-electron chi connectivity index (χ3n) is 2.44. The molecule has 0 radical (unpaired) electrons. The van der Waals surface area contributed by atoms with E-state index >= 15 is 0 Å². The molecule has 0 saturated heterocycles. The van der Waals surface area contributed by atoms with Gasteiger partial charge in [-0.15, -0.1) is 0 Å². The van der Waals surface area contributed by atoms with Crippen LogP contribution in [0.5, 0.6) is 0 Å². The standard InChI is InChI=1S/C13H21F2N3O2/c1-8(2)10(20-12(19)16-13(3,4)5)9-6-7-18(17-9)11(14)15/h6-8,10-11H,1-5H3,(H,16,19)/t10-/m1/s1. The molecular formula is C13H21F2N3O2. The number of nitrogens with zero attached hydrogens (tertiary/aromatic N) is 2. The van der Waals surface area contributed by atoms with E-state index in [1.807, 2.05) is 34.6 Å². The molecule has 1 aromatic rings. The van der Waals surface area contributed by atoms with Crippen molar-refractivity contribution in [3.8, 4) is 0 Å². The van der Waals surface area contributed by atoms with Gasteiger partial charge in [-0.05, 0) is 32.8 Å². The summed E-state index contributed by atoms with van der Waals surface area (Å²) in [5, 5.41) is 6.40. The van der Waals surface area contributed by atoms with Crippen LogP contribution in [0.4, 0.5) is 13.6 Å². The highest BCUT2D eigenvalue weighted by Crippen LogP contribution is 2.25. The monoisotopic (exact) mass is 289 g/mol. The number of alkyl carbamates (subject to hydrolysis) is 1. The predicted octanol–water partition coefficient (Wildman–Crippen LogP) is 3.50. The third-order valence-corrected chi connectivity index (χ3v) is 2.44. The maximum atomic E-state index is 12.5. The molecular weight excluding hydrogens is 268 g/mol. The van der Waals surface area contributed by atoms with Gasteiger partial charge in [0.25, 0.3) is 0 Å². The number of carbonyl (C=O) groups is 1. The molecule has 1 amide bonds. The predicted molar refractivity (Wildman–Crippen MR) is 70.4 cm³/mol. The number of amides is 1. The topological polar surface area (TPSA) is 56.1 Å². The average Bonchev–Trinajstić information content (AvgIpc) is 2.71. The highest BCUT2D eigenvalue weighted by Gasteiger charge is 2.25. The molecule has 114 valence electrons. The number of hydrogen-bond acceptors (Lipinski definition) is 3. The number of aromatic nitrogens is 2. The lowest BCUT2D eigenvalue weighted by molar-refractivity contribution is 0.0475. The minimum atomic E-state index is -2.71. The largest absolute Gasteiger partial charge is 0.439 e. The molecule has 0 saturated carbocycles. The molecule has 0 aliphatic rings. The van der Waals surface area contributed by atoms with Gasteiger partial charge in [-0.3, -0.25) is 0 Å². The number of nitrogens with one attached hydrogen (secondary N) is 1. The van der Waals surface area contributed by atoms with Crippen LogP contribution in [0, 0.1) is 5.92 Å². The Bertz CT molecular complexity index is 453. The molecule has 1 rings (SSSR count). The van der Waals surface area contributed by atoms with Crippen molar-refractivity contribution >= 4 is 6.09 Å². The van der Waals surface area contributed by atoms with Crippen molar-refractivity contribution < 1.29 is 18.3 Å². The Morgan fingerprint density at radius 1 is 1.40 bits per heavy atom. The van der Waals surface area contributed by atoms with Gasteiger partial charge in [0.2, 0.25) is 0 Å². The number of alkyl halides is 2. The van der Waals surface area contributed by atoms with Crippen LogP contribution in [0.15, 0.2) is 12.3 Å². The number of rotatable bonds is 4. The average molecular weight is 289 g/mol. The molecule has 20 heavy (non-hydrogen) atoms. The van der Waals surface area contributed by atoms with Gasteiger partial charge in [0, 0.05) is 11.7 Å². The summed E-state index contributed by atoms with van der Waals surface area (Å²) < 4.78 is 30.9. The van der Waals surface area contributed by atoms with Crippen molar-refractivity contribution in [2.24, 2.45) is 5.92 Å². The number of carbonyl (C=O) groups excluding carboxylic acids is 1. The van der Waals surface area contributed by atoms with E-state index in [0.717, 1.165) is 0 Å². The van der Waals surface area contributed by atoms with Crippen LogP contribution in [0.2, 0.25) is 0 Å². The van der Waals surface area contributed by atoms with Gasteiger partial charge in [0.1, 0.15) is 11.8 Å². The van der Waals surface area contributed by atoms with E-state index in [0.29, 0.717) is 10.4 Å². The maximum Gasteiger partial charge on any atom is 0.408 e. The first-order valence-corrected chi connectivity index (χ1v) is 6.42. The molecule has 1 aromatic heterocycles. The zero-order valence-corrected chi connectivity index (χ0v) is 12.4. The molecule has 0 unspecified atom stereocenters. The summed E-state index contributed by atoms with van der Waals surface area (Å²) in [4.78, 5) is 11.8. The Kier molecular flexibility index (Phi) is 5.08. The SMILES string of the molecule is CC(C)[C@@H](OC(=O)NC(C)(C)C)c1ccn(C(F)F)n1. The van der Waals surface area contributed by atoms with E-state index in [1.165, 1.54) is 12.3 Å². The molecule has 0 bridgehead atoms.